The van der Waals surface area contributed by atoms with Crippen molar-refractivity contribution < 1.29 is 14.3 Å². The lowest BCUT2D eigenvalue weighted by Gasteiger charge is -2.02. The maximum Gasteiger partial charge on any atom is 0.250 e. The summed E-state index contributed by atoms with van der Waals surface area (Å²) in [5, 5.41) is 11.6. The topological polar surface area (TPSA) is 78.3 Å². The molecule has 0 atom stereocenters. The summed E-state index contributed by atoms with van der Waals surface area (Å²) in [5.41, 5.74) is 0.862. The summed E-state index contributed by atoms with van der Waals surface area (Å²) in [6.45, 7) is 1.05. The summed E-state index contributed by atoms with van der Waals surface area (Å²) >= 11 is 1.63. The minimum absolute atomic E-state index is 0.235. The Bertz CT molecular complexity index is 771. The van der Waals surface area contributed by atoms with E-state index < -0.39 is 0 Å². The Balaban J connectivity index is 1.45. The minimum Gasteiger partial charge on any atom is -0.454 e. The molecule has 0 radical (unpaired) electrons. The van der Waals surface area contributed by atoms with Crippen LogP contribution in [0.15, 0.2) is 29.4 Å². The molecule has 22 heavy (non-hydrogen) atoms. The molecule has 7 nitrogen and oxygen atoms in total. The van der Waals surface area contributed by atoms with E-state index in [1.165, 1.54) is 6.08 Å². The molecule has 0 saturated carbocycles. The number of carbonyl (C=O) groups is 1. The molecule has 8 heteroatoms. The van der Waals surface area contributed by atoms with E-state index >= 15 is 0 Å². The number of hydrogen-bond donors (Lipinski definition) is 1. The van der Waals surface area contributed by atoms with Crippen molar-refractivity contribution in [1.82, 2.24) is 14.8 Å². The number of nitrogens with one attached hydrogen (secondary N) is 1. The molecule has 0 fully saturated rings. The molecule has 2 aliphatic rings. The van der Waals surface area contributed by atoms with Crippen LogP contribution in [-0.4, -0.2) is 33.2 Å². The van der Waals surface area contributed by atoms with Crippen molar-refractivity contribution in [2.24, 2.45) is 0 Å². The van der Waals surface area contributed by atoms with Gasteiger partial charge in [-0.05, 0) is 23.8 Å². The van der Waals surface area contributed by atoms with Crippen molar-refractivity contribution in [2.75, 3.05) is 17.9 Å². The van der Waals surface area contributed by atoms with Gasteiger partial charge in [0.1, 0.15) is 0 Å². The molecular weight excluding hydrogens is 304 g/mol. The van der Waals surface area contributed by atoms with Gasteiger partial charge in [0.05, 0.1) is 0 Å². The SMILES string of the molecule is O=C(/C=C/c1ccc2c(c1)OCO2)Nc1nnc2n1CCS2. The van der Waals surface area contributed by atoms with E-state index in [0.29, 0.717) is 11.7 Å². The van der Waals surface area contributed by atoms with Crippen LogP contribution in [-0.2, 0) is 11.3 Å². The molecule has 1 aromatic heterocycles. The number of amides is 1. The molecule has 0 spiro atoms. The third-order valence-corrected chi connectivity index (χ3v) is 4.27. The highest BCUT2D eigenvalue weighted by Gasteiger charge is 2.18. The third-order valence-electron chi connectivity index (χ3n) is 3.32. The van der Waals surface area contributed by atoms with Gasteiger partial charge in [0, 0.05) is 18.4 Å². The second-order valence-electron chi connectivity index (χ2n) is 4.74. The van der Waals surface area contributed by atoms with Gasteiger partial charge in [-0.1, -0.05) is 17.8 Å². The van der Waals surface area contributed by atoms with Gasteiger partial charge in [-0.3, -0.25) is 14.7 Å². The van der Waals surface area contributed by atoms with Gasteiger partial charge >= 0.3 is 0 Å². The molecule has 0 unspecified atom stereocenters. The van der Waals surface area contributed by atoms with E-state index in [0.717, 1.165) is 28.8 Å². The van der Waals surface area contributed by atoms with Gasteiger partial charge in [0.15, 0.2) is 16.7 Å². The highest BCUT2D eigenvalue weighted by atomic mass is 32.2. The Morgan fingerprint density at radius 2 is 2.23 bits per heavy atom. The first-order valence-electron chi connectivity index (χ1n) is 6.74. The van der Waals surface area contributed by atoms with Crippen molar-refractivity contribution >= 4 is 29.7 Å². The van der Waals surface area contributed by atoms with Crippen LogP contribution in [0.4, 0.5) is 5.95 Å². The summed E-state index contributed by atoms with van der Waals surface area (Å²) in [5.74, 6) is 2.61. The van der Waals surface area contributed by atoms with Crippen LogP contribution >= 0.6 is 11.8 Å². The molecule has 1 N–H and O–H groups in total. The Kier molecular flexibility index (Phi) is 3.23. The number of anilines is 1. The smallest absolute Gasteiger partial charge is 0.250 e. The van der Waals surface area contributed by atoms with Crippen molar-refractivity contribution in [3.63, 3.8) is 0 Å². The Labute approximate surface area is 130 Å². The molecule has 1 amide bonds. The molecule has 3 heterocycles. The average Bonchev–Trinajstić information content (AvgIpc) is 3.22. The van der Waals surface area contributed by atoms with Crippen LogP contribution in [0.3, 0.4) is 0 Å². The molecule has 112 valence electrons. The quantitative estimate of drug-likeness (QED) is 0.870. The first kappa shape index (κ1) is 13.2. The van der Waals surface area contributed by atoms with Crippen LogP contribution in [0.1, 0.15) is 5.56 Å². The van der Waals surface area contributed by atoms with E-state index in [9.17, 15) is 4.79 Å². The lowest BCUT2D eigenvalue weighted by Crippen LogP contribution is -2.13. The average molecular weight is 316 g/mol. The van der Waals surface area contributed by atoms with Gasteiger partial charge in [0.2, 0.25) is 12.7 Å². The first-order chi connectivity index (χ1) is 10.8. The maximum atomic E-state index is 12.0. The number of rotatable bonds is 3. The standard InChI is InChI=1S/C14H12N4O3S/c19-12(15-13-16-17-14-18(13)5-6-22-14)4-2-9-1-3-10-11(7-9)21-8-20-10/h1-4,7H,5-6,8H2,(H,15,16,19)/b4-2+. The molecule has 0 bridgehead atoms. The van der Waals surface area contributed by atoms with E-state index in [4.69, 9.17) is 9.47 Å². The number of benzene rings is 1. The fourth-order valence-electron chi connectivity index (χ4n) is 2.26. The van der Waals surface area contributed by atoms with E-state index in [2.05, 4.69) is 15.5 Å². The zero-order chi connectivity index (χ0) is 14.9. The van der Waals surface area contributed by atoms with Crippen LogP contribution in [0.2, 0.25) is 0 Å². The Morgan fingerprint density at radius 1 is 1.32 bits per heavy atom. The van der Waals surface area contributed by atoms with Crippen LogP contribution in [0.5, 0.6) is 11.5 Å². The van der Waals surface area contributed by atoms with Crippen LogP contribution in [0, 0.1) is 0 Å². The van der Waals surface area contributed by atoms with E-state index in [1.54, 1.807) is 17.8 Å². The minimum atomic E-state index is -0.246. The second kappa shape index (κ2) is 5.38. The van der Waals surface area contributed by atoms with Crippen molar-refractivity contribution in [2.45, 2.75) is 11.7 Å². The lowest BCUT2D eigenvalue weighted by molar-refractivity contribution is -0.111. The van der Waals surface area contributed by atoms with Crippen molar-refractivity contribution in [3.8, 4) is 11.5 Å². The monoisotopic (exact) mass is 316 g/mol. The Morgan fingerprint density at radius 3 is 3.18 bits per heavy atom. The van der Waals surface area contributed by atoms with Crippen LogP contribution in [0.25, 0.3) is 6.08 Å². The summed E-state index contributed by atoms with van der Waals surface area (Å²) in [4.78, 5) is 12.0. The summed E-state index contributed by atoms with van der Waals surface area (Å²) in [7, 11) is 0. The second-order valence-corrected chi connectivity index (χ2v) is 5.80. The largest absolute Gasteiger partial charge is 0.454 e. The van der Waals surface area contributed by atoms with E-state index in [-0.39, 0.29) is 12.7 Å². The molecule has 0 saturated heterocycles. The Hall–Kier alpha value is -2.48. The highest BCUT2D eigenvalue weighted by Crippen LogP contribution is 2.32. The van der Waals surface area contributed by atoms with Crippen molar-refractivity contribution in [3.05, 3.63) is 29.8 Å². The van der Waals surface area contributed by atoms with Gasteiger partial charge in [0.25, 0.3) is 5.91 Å². The van der Waals surface area contributed by atoms with Gasteiger partial charge in [-0.25, -0.2) is 0 Å². The predicted octanol–water partition coefficient (Wildman–Crippen LogP) is 1.76. The fourth-order valence-corrected chi connectivity index (χ4v) is 3.15. The van der Waals surface area contributed by atoms with Crippen molar-refractivity contribution in [1.29, 1.82) is 0 Å². The maximum absolute atomic E-state index is 12.0. The molecular formula is C14H12N4O3S. The van der Waals surface area contributed by atoms with E-state index in [1.807, 2.05) is 22.8 Å². The molecule has 2 aromatic rings. The third kappa shape index (κ3) is 2.41. The summed E-state index contributed by atoms with van der Waals surface area (Å²) in [6, 6.07) is 5.52. The summed E-state index contributed by atoms with van der Waals surface area (Å²) in [6.07, 6.45) is 3.18. The van der Waals surface area contributed by atoms with Crippen LogP contribution < -0.4 is 14.8 Å². The van der Waals surface area contributed by atoms with Gasteiger partial charge in [-0.2, -0.15) is 0 Å². The molecule has 1 aromatic carbocycles. The zero-order valence-electron chi connectivity index (χ0n) is 11.5. The number of fused-ring (bicyclic) bond motifs is 2. The van der Waals surface area contributed by atoms with Gasteiger partial charge < -0.3 is 9.47 Å². The normalized spacial score (nSPS) is 15.3. The number of carbonyl (C=O) groups excluding carboxylic acids is 1. The highest BCUT2D eigenvalue weighted by molar-refractivity contribution is 7.99. The number of aromatic nitrogens is 3. The molecule has 0 aliphatic carbocycles. The zero-order valence-corrected chi connectivity index (χ0v) is 12.3. The predicted molar refractivity (Wildman–Crippen MR) is 81.0 cm³/mol. The lowest BCUT2D eigenvalue weighted by atomic mass is 10.2. The molecule has 4 rings (SSSR count). The summed E-state index contributed by atoms with van der Waals surface area (Å²) < 4.78 is 12.4. The number of nitrogens with zero attached hydrogens (tertiary/aromatic N) is 3. The number of ether oxygens (including phenoxy) is 2. The molecule has 2 aliphatic heterocycles. The fraction of sp³-hybridized carbons (Fsp3) is 0.214. The van der Waals surface area contributed by atoms with Gasteiger partial charge in [-0.15, -0.1) is 10.2 Å². The number of hydrogen-bond acceptors (Lipinski definition) is 6. The number of thioether (sulfide) groups is 1. The first-order valence-corrected chi connectivity index (χ1v) is 7.73.